The molecule has 3 rings (SSSR count). The van der Waals surface area contributed by atoms with Crippen LogP contribution in [0.1, 0.15) is 47.5 Å². The van der Waals surface area contributed by atoms with Crippen molar-refractivity contribution in [3.05, 3.63) is 0 Å². The SMILES string of the molecule is CCOC(=O)[C@H]1[C@H]2C(=O)N([C@H](C)CO)C(C(=O)NC(C)C)C23CC[C@]1(C)S3. The molecule has 6 atom stereocenters. The quantitative estimate of drug-likeness (QED) is 0.647. The van der Waals surface area contributed by atoms with Crippen LogP contribution >= 0.6 is 11.8 Å². The summed E-state index contributed by atoms with van der Waals surface area (Å²) in [5.74, 6) is -1.92. The molecule has 0 aromatic rings. The Bertz CT molecular complexity index is 656. The highest BCUT2D eigenvalue weighted by Crippen LogP contribution is 2.71. The van der Waals surface area contributed by atoms with E-state index in [0.717, 1.165) is 6.42 Å². The molecule has 3 aliphatic heterocycles. The van der Waals surface area contributed by atoms with Crippen LogP contribution in [0.3, 0.4) is 0 Å². The fourth-order valence-electron chi connectivity index (χ4n) is 5.18. The minimum absolute atomic E-state index is 0.0608. The van der Waals surface area contributed by atoms with Gasteiger partial charge in [0, 0.05) is 10.8 Å². The Labute approximate surface area is 164 Å². The van der Waals surface area contributed by atoms with Gasteiger partial charge in [0.05, 0.1) is 35.8 Å². The molecule has 3 heterocycles. The Morgan fingerprint density at radius 2 is 2.04 bits per heavy atom. The molecule has 3 aliphatic rings. The first kappa shape index (κ1) is 20.5. The molecule has 8 heteroatoms. The third-order valence-electron chi connectivity index (χ3n) is 6.17. The first-order chi connectivity index (χ1) is 12.6. The molecule has 0 saturated carbocycles. The number of carbonyl (C=O) groups is 3. The number of hydrogen-bond donors (Lipinski definition) is 2. The van der Waals surface area contributed by atoms with E-state index in [-0.39, 0.29) is 37.0 Å². The third kappa shape index (κ3) is 2.87. The van der Waals surface area contributed by atoms with E-state index in [1.807, 2.05) is 20.8 Å². The van der Waals surface area contributed by atoms with Crippen molar-refractivity contribution in [3.8, 4) is 0 Å². The summed E-state index contributed by atoms with van der Waals surface area (Å²) >= 11 is 1.61. The van der Waals surface area contributed by atoms with Crippen molar-refractivity contribution in [1.29, 1.82) is 0 Å². The van der Waals surface area contributed by atoms with E-state index in [0.29, 0.717) is 6.42 Å². The Kier molecular flexibility index (Phi) is 5.27. The first-order valence-electron chi connectivity index (χ1n) is 9.73. The predicted octanol–water partition coefficient (Wildman–Crippen LogP) is 0.936. The van der Waals surface area contributed by atoms with Crippen LogP contribution in [-0.2, 0) is 19.1 Å². The van der Waals surface area contributed by atoms with E-state index < -0.39 is 33.4 Å². The number of nitrogens with one attached hydrogen (secondary N) is 1. The average molecular weight is 399 g/mol. The maximum Gasteiger partial charge on any atom is 0.311 e. The highest BCUT2D eigenvalue weighted by atomic mass is 32.2. The van der Waals surface area contributed by atoms with Crippen molar-refractivity contribution < 1.29 is 24.2 Å². The molecule has 2 amide bonds. The Hall–Kier alpha value is -1.28. The van der Waals surface area contributed by atoms with Crippen LogP contribution in [-0.4, -0.2) is 68.6 Å². The molecule has 0 radical (unpaired) electrons. The van der Waals surface area contributed by atoms with Crippen LogP contribution in [0.2, 0.25) is 0 Å². The highest BCUT2D eigenvalue weighted by molar-refractivity contribution is 8.02. The van der Waals surface area contributed by atoms with Crippen LogP contribution in [0.5, 0.6) is 0 Å². The van der Waals surface area contributed by atoms with Crippen LogP contribution in [0.15, 0.2) is 0 Å². The van der Waals surface area contributed by atoms with Gasteiger partial charge in [0.2, 0.25) is 11.8 Å². The molecule has 27 heavy (non-hydrogen) atoms. The average Bonchev–Trinajstić information content (AvgIpc) is 3.14. The Morgan fingerprint density at radius 1 is 1.37 bits per heavy atom. The fourth-order valence-corrected chi connectivity index (χ4v) is 7.51. The lowest BCUT2D eigenvalue weighted by atomic mass is 9.66. The standard InChI is InChI=1S/C19H30N2O5S/c1-6-26-17(25)13-12-16(24)21(11(4)9-22)14(15(23)20-10(2)3)19(12)8-7-18(13,5)27-19/h10-14,22H,6-9H2,1-5H3,(H,20,23)/t11-,12+,13-,14?,18+,19?/m1/s1. The molecule has 0 aromatic heterocycles. The van der Waals surface area contributed by atoms with Crippen molar-refractivity contribution in [1.82, 2.24) is 10.2 Å². The maximum absolute atomic E-state index is 13.4. The molecular formula is C19H30N2O5S. The fraction of sp³-hybridized carbons (Fsp3) is 0.842. The van der Waals surface area contributed by atoms with Crippen LogP contribution in [0.25, 0.3) is 0 Å². The summed E-state index contributed by atoms with van der Waals surface area (Å²) in [6, 6.07) is -1.24. The van der Waals surface area contributed by atoms with Crippen molar-refractivity contribution >= 4 is 29.5 Å². The van der Waals surface area contributed by atoms with Crippen LogP contribution in [0.4, 0.5) is 0 Å². The Balaban J connectivity index is 2.07. The van der Waals surface area contributed by atoms with Gasteiger partial charge in [-0.05, 0) is 47.5 Å². The molecule has 3 saturated heterocycles. The van der Waals surface area contributed by atoms with Crippen molar-refractivity contribution in [2.75, 3.05) is 13.2 Å². The molecule has 0 aliphatic carbocycles. The van der Waals surface area contributed by atoms with E-state index in [1.54, 1.807) is 25.6 Å². The molecule has 1 spiro atoms. The number of aliphatic hydroxyl groups excluding tert-OH is 1. The predicted molar refractivity (Wildman–Crippen MR) is 102 cm³/mol. The number of esters is 1. The summed E-state index contributed by atoms with van der Waals surface area (Å²) in [4.78, 5) is 40.9. The molecule has 3 fully saturated rings. The van der Waals surface area contributed by atoms with Gasteiger partial charge in [-0.2, -0.15) is 0 Å². The molecule has 2 N–H and O–H groups in total. The number of aliphatic hydroxyl groups is 1. The van der Waals surface area contributed by atoms with Crippen LogP contribution < -0.4 is 5.32 Å². The molecule has 152 valence electrons. The van der Waals surface area contributed by atoms with Gasteiger partial charge in [-0.1, -0.05) is 0 Å². The second-order valence-electron chi connectivity index (χ2n) is 8.42. The van der Waals surface area contributed by atoms with Gasteiger partial charge in [-0.25, -0.2) is 0 Å². The zero-order valence-corrected chi connectivity index (χ0v) is 17.5. The van der Waals surface area contributed by atoms with Crippen LogP contribution in [0, 0.1) is 11.8 Å². The summed E-state index contributed by atoms with van der Waals surface area (Å²) < 4.78 is 4.25. The summed E-state index contributed by atoms with van der Waals surface area (Å²) in [7, 11) is 0. The lowest BCUT2D eigenvalue weighted by molar-refractivity contribution is -0.155. The monoisotopic (exact) mass is 398 g/mol. The second kappa shape index (κ2) is 6.95. The highest BCUT2D eigenvalue weighted by Gasteiger charge is 2.77. The van der Waals surface area contributed by atoms with Gasteiger partial charge in [0.1, 0.15) is 6.04 Å². The summed E-state index contributed by atoms with van der Waals surface area (Å²) in [6.45, 7) is 9.30. The molecule has 2 unspecified atom stereocenters. The van der Waals surface area contributed by atoms with E-state index in [4.69, 9.17) is 4.74 Å². The molecule has 2 bridgehead atoms. The largest absolute Gasteiger partial charge is 0.466 e. The number of carbonyl (C=O) groups excluding carboxylic acids is 3. The van der Waals surface area contributed by atoms with E-state index in [2.05, 4.69) is 5.32 Å². The normalized spacial score (nSPS) is 38.3. The molecule has 7 nitrogen and oxygen atoms in total. The number of nitrogens with zero attached hydrogens (tertiary/aromatic N) is 1. The lowest BCUT2D eigenvalue weighted by Gasteiger charge is -2.36. The van der Waals surface area contributed by atoms with Crippen molar-refractivity contribution in [2.45, 2.75) is 75.1 Å². The van der Waals surface area contributed by atoms with Gasteiger partial charge in [0.25, 0.3) is 0 Å². The van der Waals surface area contributed by atoms with Gasteiger partial charge >= 0.3 is 5.97 Å². The maximum atomic E-state index is 13.4. The zero-order valence-electron chi connectivity index (χ0n) is 16.7. The number of ether oxygens (including phenoxy) is 1. The number of rotatable bonds is 6. The summed E-state index contributed by atoms with van der Waals surface area (Å²) in [5, 5.41) is 12.7. The smallest absolute Gasteiger partial charge is 0.311 e. The van der Waals surface area contributed by atoms with E-state index >= 15 is 0 Å². The second-order valence-corrected chi connectivity index (χ2v) is 10.3. The number of amides is 2. The molecule has 0 aromatic carbocycles. The third-order valence-corrected chi connectivity index (χ3v) is 8.16. The molecular weight excluding hydrogens is 368 g/mol. The van der Waals surface area contributed by atoms with Gasteiger partial charge < -0.3 is 20.1 Å². The van der Waals surface area contributed by atoms with E-state index in [9.17, 15) is 19.5 Å². The summed E-state index contributed by atoms with van der Waals surface area (Å²) in [6.07, 6.45) is 1.46. The minimum atomic E-state index is -0.689. The summed E-state index contributed by atoms with van der Waals surface area (Å²) in [5.41, 5.74) is 0. The van der Waals surface area contributed by atoms with Crippen molar-refractivity contribution in [2.24, 2.45) is 11.8 Å². The van der Waals surface area contributed by atoms with Gasteiger partial charge in [-0.3, -0.25) is 14.4 Å². The first-order valence-corrected chi connectivity index (χ1v) is 10.5. The topological polar surface area (TPSA) is 95.9 Å². The van der Waals surface area contributed by atoms with E-state index in [1.165, 1.54) is 4.90 Å². The van der Waals surface area contributed by atoms with Gasteiger partial charge in [0.15, 0.2) is 0 Å². The van der Waals surface area contributed by atoms with Crippen molar-refractivity contribution in [3.63, 3.8) is 0 Å². The lowest BCUT2D eigenvalue weighted by Crippen LogP contribution is -2.56. The number of likely N-dealkylation sites (tertiary alicyclic amines) is 1. The Morgan fingerprint density at radius 3 is 2.59 bits per heavy atom. The van der Waals surface area contributed by atoms with Gasteiger partial charge in [-0.15, -0.1) is 11.8 Å². The zero-order chi connectivity index (χ0) is 20.1. The minimum Gasteiger partial charge on any atom is -0.466 e. The number of hydrogen-bond acceptors (Lipinski definition) is 6. The number of thioether (sulfide) groups is 1. The number of fused-ring (bicyclic) bond motifs is 1.